The van der Waals surface area contributed by atoms with Crippen molar-refractivity contribution in [2.45, 2.75) is 26.7 Å². The van der Waals surface area contributed by atoms with Crippen LogP contribution in [-0.2, 0) is 26.7 Å². The summed E-state index contributed by atoms with van der Waals surface area (Å²) in [6.45, 7) is 5.36. The summed E-state index contributed by atoms with van der Waals surface area (Å²) in [7, 11) is -6.47. The zero-order chi connectivity index (χ0) is 35.5. The van der Waals surface area contributed by atoms with Gasteiger partial charge in [0.25, 0.3) is 0 Å². The number of benzene rings is 6. The zero-order valence-corrected chi connectivity index (χ0v) is 31.0. The number of aryl methyl sites for hydroxylation is 2. The molecule has 51 heavy (non-hydrogen) atoms. The van der Waals surface area contributed by atoms with Crippen molar-refractivity contribution in [3.8, 4) is 11.5 Å². The Bertz CT molecular complexity index is 1860. The third-order valence-corrected chi connectivity index (χ3v) is 15.1. The van der Waals surface area contributed by atoms with Crippen molar-refractivity contribution in [3.63, 3.8) is 0 Å². The van der Waals surface area contributed by atoms with E-state index in [0.717, 1.165) is 45.2 Å². The fraction of sp³-hybridized carbons (Fsp3) is 0.182. The first kappa shape index (κ1) is 36.1. The molecule has 0 saturated carbocycles. The molecule has 0 unspecified atom stereocenters. The van der Waals surface area contributed by atoms with Crippen LogP contribution in [-0.4, -0.2) is 26.4 Å². The first-order valence-electron chi connectivity index (χ1n) is 17.5. The second-order valence-corrected chi connectivity index (χ2v) is 17.6. The Hall–Kier alpha value is -4.66. The van der Waals surface area contributed by atoms with Crippen molar-refractivity contribution in [1.29, 1.82) is 0 Å². The van der Waals surface area contributed by atoms with Gasteiger partial charge in [-0.2, -0.15) is 0 Å². The van der Waals surface area contributed by atoms with Crippen LogP contribution in [0, 0.1) is 0 Å². The SMILES string of the molecule is CCc1ccc(OCCOCCOc2ccc(CC)cc2P(=O)(c2ccccc2)c2ccccc2)c(P(=O)(c2ccccc2)c2ccccc2)c1. The van der Waals surface area contributed by atoms with Crippen LogP contribution in [0.3, 0.4) is 0 Å². The lowest BCUT2D eigenvalue weighted by Gasteiger charge is -2.24. The van der Waals surface area contributed by atoms with Crippen molar-refractivity contribution in [3.05, 3.63) is 169 Å². The van der Waals surface area contributed by atoms with Gasteiger partial charge in [0, 0.05) is 21.2 Å². The summed E-state index contributed by atoms with van der Waals surface area (Å²) in [5.74, 6) is 1.17. The van der Waals surface area contributed by atoms with Gasteiger partial charge in [0.2, 0.25) is 0 Å². The van der Waals surface area contributed by atoms with Crippen LogP contribution < -0.4 is 41.3 Å². The van der Waals surface area contributed by atoms with E-state index in [1.807, 2.05) is 158 Å². The molecule has 0 heterocycles. The summed E-state index contributed by atoms with van der Waals surface area (Å²) in [6, 6.07) is 50.5. The lowest BCUT2D eigenvalue weighted by atomic mass is 10.2. The highest BCUT2D eigenvalue weighted by Gasteiger charge is 2.34. The molecule has 0 spiro atoms. The third kappa shape index (κ3) is 7.97. The van der Waals surface area contributed by atoms with Crippen LogP contribution in [0.5, 0.6) is 11.5 Å². The molecule has 0 aliphatic rings. The Labute approximate surface area is 302 Å². The van der Waals surface area contributed by atoms with Gasteiger partial charge < -0.3 is 23.3 Å². The van der Waals surface area contributed by atoms with Crippen molar-refractivity contribution in [2.75, 3.05) is 26.4 Å². The van der Waals surface area contributed by atoms with Crippen molar-refractivity contribution in [2.24, 2.45) is 0 Å². The standard InChI is InChI=1S/C44H44O5P2/c1-3-35-25-27-41(43(33-35)50(45,37-17-9-5-10-18-37)38-19-11-6-12-20-38)48-31-29-47-30-32-49-42-28-26-36(4-2)34-44(42)51(46,39-21-13-7-14-22-39)40-23-15-8-16-24-40/h5-28,33-34H,3-4,29-32H2,1-2H3. The zero-order valence-electron chi connectivity index (χ0n) is 29.2. The minimum Gasteiger partial charge on any atom is -0.490 e. The fourth-order valence-corrected chi connectivity index (χ4v) is 11.9. The molecule has 6 aromatic carbocycles. The van der Waals surface area contributed by atoms with Gasteiger partial charge in [-0.25, -0.2) is 0 Å². The quantitative estimate of drug-likeness (QED) is 0.0766. The van der Waals surface area contributed by atoms with Gasteiger partial charge >= 0.3 is 0 Å². The van der Waals surface area contributed by atoms with E-state index < -0.39 is 14.3 Å². The molecular weight excluding hydrogens is 670 g/mol. The van der Waals surface area contributed by atoms with Gasteiger partial charge in [-0.3, -0.25) is 0 Å². The Morgan fingerprint density at radius 3 is 1.02 bits per heavy atom. The second kappa shape index (κ2) is 17.0. The molecule has 0 fully saturated rings. The molecule has 0 saturated heterocycles. The molecule has 0 atom stereocenters. The van der Waals surface area contributed by atoms with Crippen molar-refractivity contribution in [1.82, 2.24) is 0 Å². The van der Waals surface area contributed by atoms with E-state index in [4.69, 9.17) is 14.2 Å². The van der Waals surface area contributed by atoms with Crippen molar-refractivity contribution >= 4 is 46.1 Å². The molecule has 0 aliphatic heterocycles. The first-order valence-corrected chi connectivity index (χ1v) is 20.9. The van der Waals surface area contributed by atoms with Gasteiger partial charge in [-0.1, -0.05) is 147 Å². The Morgan fingerprint density at radius 1 is 0.412 bits per heavy atom. The maximum absolute atomic E-state index is 15.2. The van der Waals surface area contributed by atoms with Crippen molar-refractivity contribution < 1.29 is 23.3 Å². The summed E-state index contributed by atoms with van der Waals surface area (Å²) < 4.78 is 48.9. The fourth-order valence-electron chi connectivity index (χ4n) is 6.23. The van der Waals surface area contributed by atoms with Gasteiger partial charge in [-0.05, 0) is 48.2 Å². The maximum atomic E-state index is 15.2. The summed E-state index contributed by atoms with van der Waals surface area (Å²) >= 11 is 0. The largest absolute Gasteiger partial charge is 0.490 e. The summed E-state index contributed by atoms with van der Waals surface area (Å²) in [5, 5.41) is 4.42. The van der Waals surface area contributed by atoms with E-state index in [9.17, 15) is 0 Å². The molecule has 0 aromatic heterocycles. The van der Waals surface area contributed by atoms with Gasteiger partial charge in [0.1, 0.15) is 24.7 Å². The van der Waals surface area contributed by atoms with Crippen LogP contribution in [0.4, 0.5) is 0 Å². The molecule has 0 aliphatic carbocycles. The normalized spacial score (nSPS) is 11.6. The molecule has 260 valence electrons. The average molecular weight is 715 g/mol. The third-order valence-electron chi connectivity index (χ3n) is 8.99. The number of ether oxygens (including phenoxy) is 3. The maximum Gasteiger partial charge on any atom is 0.174 e. The second-order valence-electron chi connectivity index (χ2n) is 12.2. The molecule has 0 N–H and O–H groups in total. The summed E-state index contributed by atoms with van der Waals surface area (Å²) in [6.07, 6.45) is 1.63. The van der Waals surface area contributed by atoms with Gasteiger partial charge in [0.15, 0.2) is 14.3 Å². The van der Waals surface area contributed by atoms with Crippen LogP contribution in [0.2, 0.25) is 0 Å². The molecule has 0 radical (unpaired) electrons. The summed E-state index contributed by atoms with van der Waals surface area (Å²) in [4.78, 5) is 0. The van der Waals surface area contributed by atoms with Crippen LogP contribution in [0.1, 0.15) is 25.0 Å². The molecule has 6 rings (SSSR count). The predicted octanol–water partition coefficient (Wildman–Crippen LogP) is 7.56. The molecular formula is C44H44O5P2. The number of rotatable bonds is 16. The highest BCUT2D eigenvalue weighted by Crippen LogP contribution is 2.46. The molecule has 5 nitrogen and oxygen atoms in total. The van der Waals surface area contributed by atoms with Crippen LogP contribution in [0.15, 0.2) is 158 Å². The van der Waals surface area contributed by atoms with Crippen LogP contribution in [0.25, 0.3) is 0 Å². The van der Waals surface area contributed by atoms with E-state index in [1.54, 1.807) is 0 Å². The first-order chi connectivity index (χ1) is 25.0. The minimum atomic E-state index is -3.23. The Balaban J connectivity index is 1.16. The van der Waals surface area contributed by atoms with E-state index in [2.05, 4.69) is 13.8 Å². The highest BCUT2D eigenvalue weighted by atomic mass is 31.2. The smallest absolute Gasteiger partial charge is 0.174 e. The lowest BCUT2D eigenvalue weighted by molar-refractivity contribution is 0.0769. The van der Waals surface area contributed by atoms with Gasteiger partial charge in [0.05, 0.1) is 23.8 Å². The van der Waals surface area contributed by atoms with E-state index >= 15 is 9.13 Å². The molecule has 7 heteroatoms. The Morgan fingerprint density at radius 2 is 0.725 bits per heavy atom. The number of hydrogen-bond acceptors (Lipinski definition) is 5. The Kier molecular flexibility index (Phi) is 12.1. The minimum absolute atomic E-state index is 0.274. The topological polar surface area (TPSA) is 61.8 Å². The molecule has 0 amide bonds. The lowest BCUT2D eigenvalue weighted by Crippen LogP contribution is -2.27. The molecule has 0 bridgehead atoms. The van der Waals surface area contributed by atoms with Crippen LogP contribution >= 0.6 is 14.3 Å². The monoisotopic (exact) mass is 714 g/mol. The van der Waals surface area contributed by atoms with E-state index in [-0.39, 0.29) is 13.2 Å². The summed E-state index contributed by atoms with van der Waals surface area (Å²) in [5.41, 5.74) is 2.18. The van der Waals surface area contributed by atoms with E-state index in [1.165, 1.54) is 0 Å². The van der Waals surface area contributed by atoms with Gasteiger partial charge in [-0.15, -0.1) is 0 Å². The average Bonchev–Trinajstić information content (AvgIpc) is 3.21. The number of hydrogen-bond donors (Lipinski definition) is 0. The molecule has 6 aromatic rings. The predicted molar refractivity (Wildman–Crippen MR) is 212 cm³/mol. The van der Waals surface area contributed by atoms with E-state index in [0.29, 0.717) is 35.3 Å². The highest BCUT2D eigenvalue weighted by molar-refractivity contribution is 7.86.